The number of allylic oxidation sites excluding steroid dienone is 1. The second-order valence-electron chi connectivity index (χ2n) is 7.86. The van der Waals surface area contributed by atoms with E-state index in [4.69, 9.17) is 20.5 Å². The highest BCUT2D eigenvalue weighted by Gasteiger charge is 2.37. The molecule has 0 aliphatic carbocycles. The minimum atomic E-state index is -1.62. The molecule has 172 valence electrons. The van der Waals surface area contributed by atoms with Crippen LogP contribution in [0, 0.1) is 11.3 Å². The van der Waals surface area contributed by atoms with Gasteiger partial charge in [0.2, 0.25) is 5.91 Å². The molecule has 32 heavy (non-hydrogen) atoms. The minimum absolute atomic E-state index is 0.107. The number of carbonyl (C=O) groups is 2. The van der Waals surface area contributed by atoms with E-state index in [1.807, 2.05) is 19.9 Å². The van der Waals surface area contributed by atoms with E-state index in [1.165, 1.54) is 11.0 Å². The minimum Gasteiger partial charge on any atom is -0.490 e. The fraction of sp³-hybridized carbons (Fsp3) is 0.478. The maximum absolute atomic E-state index is 15.3. The standard InChI is InChI=1S/C23H29FN4O4/c1-5-19(31-14-23(24)7-10-28(11-8-23)21(29)6-9-25)16-13-20(32-15(2)3)17(22(26)30)12-18(16)27-4/h5,12-13,15H,4,6-8,10-11,14H2,1-3H3,(H2,26,30)/b19-5+. The lowest BCUT2D eigenvalue weighted by atomic mass is 9.94. The zero-order valence-corrected chi connectivity index (χ0v) is 18.7. The van der Waals surface area contributed by atoms with Gasteiger partial charge >= 0.3 is 0 Å². The van der Waals surface area contributed by atoms with Gasteiger partial charge in [0.15, 0.2) is 0 Å². The molecule has 1 aliphatic rings. The van der Waals surface area contributed by atoms with E-state index >= 15 is 4.39 Å². The average molecular weight is 445 g/mol. The fourth-order valence-corrected chi connectivity index (χ4v) is 3.44. The lowest BCUT2D eigenvalue weighted by Gasteiger charge is -2.36. The Bertz CT molecular complexity index is 944. The van der Waals surface area contributed by atoms with Gasteiger partial charge in [0.05, 0.1) is 23.4 Å². The molecule has 1 aliphatic heterocycles. The summed E-state index contributed by atoms with van der Waals surface area (Å²) in [5.74, 6) is -0.326. The van der Waals surface area contributed by atoms with Gasteiger partial charge in [-0.1, -0.05) is 0 Å². The van der Waals surface area contributed by atoms with Gasteiger partial charge in [-0.3, -0.25) is 14.6 Å². The van der Waals surface area contributed by atoms with Crippen molar-refractivity contribution in [2.24, 2.45) is 10.7 Å². The summed E-state index contributed by atoms with van der Waals surface area (Å²) >= 11 is 0. The number of alkyl halides is 1. The second-order valence-corrected chi connectivity index (χ2v) is 7.86. The first-order valence-corrected chi connectivity index (χ1v) is 10.4. The summed E-state index contributed by atoms with van der Waals surface area (Å²) in [6.07, 6.45) is 1.47. The van der Waals surface area contributed by atoms with Crippen LogP contribution in [-0.4, -0.2) is 54.9 Å². The van der Waals surface area contributed by atoms with Gasteiger partial charge in [-0.15, -0.1) is 0 Å². The van der Waals surface area contributed by atoms with Crippen LogP contribution in [0.15, 0.2) is 23.2 Å². The monoisotopic (exact) mass is 444 g/mol. The summed E-state index contributed by atoms with van der Waals surface area (Å²) in [6, 6.07) is 4.88. The summed E-state index contributed by atoms with van der Waals surface area (Å²) in [7, 11) is 0. The lowest BCUT2D eigenvalue weighted by Crippen LogP contribution is -2.46. The number of amides is 2. The molecule has 2 rings (SSSR count). The number of carbonyl (C=O) groups excluding carboxylic acids is 2. The van der Waals surface area contributed by atoms with Crippen molar-refractivity contribution in [1.29, 1.82) is 5.26 Å². The van der Waals surface area contributed by atoms with E-state index in [-0.39, 0.29) is 62.3 Å². The number of primary amides is 1. The summed E-state index contributed by atoms with van der Waals surface area (Å²) < 4.78 is 26.9. The van der Waals surface area contributed by atoms with Gasteiger partial charge in [-0.25, -0.2) is 4.39 Å². The molecule has 0 atom stereocenters. The van der Waals surface area contributed by atoms with E-state index in [0.29, 0.717) is 17.0 Å². The SMILES string of the molecule is C=Nc1cc(C(N)=O)c(OC(C)C)cc1/C(=C\C)OCC1(F)CCN(C(=O)CC#N)CC1. The summed E-state index contributed by atoms with van der Waals surface area (Å²) in [6.45, 7) is 9.15. The molecule has 1 fully saturated rings. The van der Waals surface area contributed by atoms with E-state index in [2.05, 4.69) is 11.7 Å². The predicted molar refractivity (Wildman–Crippen MR) is 119 cm³/mol. The Hall–Kier alpha value is -3.41. The number of likely N-dealkylation sites (tertiary alicyclic amines) is 1. The quantitative estimate of drug-likeness (QED) is 0.462. The summed E-state index contributed by atoms with van der Waals surface area (Å²) in [5, 5.41) is 8.66. The first kappa shape index (κ1) is 24.9. The van der Waals surface area contributed by atoms with E-state index < -0.39 is 11.6 Å². The Morgan fingerprint density at radius 3 is 2.53 bits per heavy atom. The smallest absolute Gasteiger partial charge is 0.252 e. The van der Waals surface area contributed by atoms with Gasteiger partial charge in [0, 0.05) is 31.5 Å². The number of nitrogens with zero attached hydrogens (tertiary/aromatic N) is 3. The molecular formula is C23H29FN4O4. The molecule has 0 bridgehead atoms. The van der Waals surface area contributed by atoms with Crippen molar-refractivity contribution < 1.29 is 23.5 Å². The first-order valence-electron chi connectivity index (χ1n) is 10.4. The first-order chi connectivity index (χ1) is 15.1. The third-order valence-electron chi connectivity index (χ3n) is 5.15. The molecule has 0 radical (unpaired) electrons. The van der Waals surface area contributed by atoms with Crippen LogP contribution in [0.4, 0.5) is 10.1 Å². The highest BCUT2D eigenvalue weighted by Crippen LogP contribution is 2.36. The van der Waals surface area contributed by atoms with Crippen LogP contribution in [0.3, 0.4) is 0 Å². The van der Waals surface area contributed by atoms with E-state index in [1.54, 1.807) is 19.1 Å². The van der Waals surface area contributed by atoms with Gasteiger partial charge in [-0.05, 0) is 45.7 Å². The molecule has 1 heterocycles. The largest absolute Gasteiger partial charge is 0.490 e. The molecule has 0 spiro atoms. The number of aliphatic imine (C=N–C) groups is 1. The van der Waals surface area contributed by atoms with Crippen molar-refractivity contribution in [1.82, 2.24) is 4.90 Å². The number of rotatable bonds is 9. The third-order valence-corrected chi connectivity index (χ3v) is 5.15. The topological polar surface area (TPSA) is 118 Å². The van der Waals surface area contributed by atoms with Crippen molar-refractivity contribution in [2.75, 3.05) is 19.7 Å². The van der Waals surface area contributed by atoms with Crippen molar-refractivity contribution in [3.8, 4) is 11.8 Å². The molecule has 1 aromatic rings. The van der Waals surface area contributed by atoms with E-state index in [9.17, 15) is 9.59 Å². The van der Waals surface area contributed by atoms with Crippen LogP contribution in [0.5, 0.6) is 5.75 Å². The van der Waals surface area contributed by atoms with Crippen molar-refractivity contribution in [2.45, 2.75) is 51.8 Å². The Morgan fingerprint density at radius 1 is 1.38 bits per heavy atom. The van der Waals surface area contributed by atoms with Crippen LogP contribution in [0.1, 0.15) is 56.0 Å². The Morgan fingerprint density at radius 2 is 2.03 bits per heavy atom. The van der Waals surface area contributed by atoms with Crippen LogP contribution in [-0.2, 0) is 9.53 Å². The Balaban J connectivity index is 2.20. The Kier molecular flexibility index (Phi) is 8.35. The van der Waals surface area contributed by atoms with Crippen LogP contribution < -0.4 is 10.5 Å². The zero-order valence-electron chi connectivity index (χ0n) is 18.7. The van der Waals surface area contributed by atoms with Gasteiger partial charge in [0.1, 0.15) is 30.2 Å². The van der Waals surface area contributed by atoms with Crippen molar-refractivity contribution in [3.63, 3.8) is 0 Å². The van der Waals surface area contributed by atoms with Gasteiger partial charge < -0.3 is 20.1 Å². The molecule has 8 nitrogen and oxygen atoms in total. The number of piperidine rings is 1. The number of hydrogen-bond acceptors (Lipinski definition) is 6. The van der Waals surface area contributed by atoms with Crippen molar-refractivity contribution in [3.05, 3.63) is 29.3 Å². The number of benzene rings is 1. The molecule has 1 saturated heterocycles. The fourth-order valence-electron chi connectivity index (χ4n) is 3.44. The van der Waals surface area contributed by atoms with Gasteiger partial charge in [-0.2, -0.15) is 5.26 Å². The maximum atomic E-state index is 15.3. The molecule has 9 heteroatoms. The average Bonchev–Trinajstić information content (AvgIpc) is 2.74. The Labute approximate surface area is 187 Å². The zero-order chi connectivity index (χ0) is 23.9. The van der Waals surface area contributed by atoms with Crippen LogP contribution in [0.2, 0.25) is 0 Å². The molecule has 1 aromatic carbocycles. The molecule has 2 N–H and O–H groups in total. The number of hydrogen-bond donors (Lipinski definition) is 1. The van der Waals surface area contributed by atoms with Gasteiger partial charge in [0.25, 0.3) is 5.91 Å². The highest BCUT2D eigenvalue weighted by molar-refractivity contribution is 5.97. The number of nitrogens with two attached hydrogens (primary N) is 1. The van der Waals surface area contributed by atoms with Crippen LogP contribution >= 0.6 is 0 Å². The molecule has 0 saturated carbocycles. The highest BCUT2D eigenvalue weighted by atomic mass is 19.1. The number of ether oxygens (including phenoxy) is 2. The molecule has 0 unspecified atom stereocenters. The third kappa shape index (κ3) is 6.06. The number of nitriles is 1. The molecule has 0 aromatic heterocycles. The maximum Gasteiger partial charge on any atom is 0.252 e. The number of halogens is 1. The summed E-state index contributed by atoms with van der Waals surface area (Å²) in [4.78, 5) is 29.1. The lowest BCUT2D eigenvalue weighted by molar-refractivity contribution is -0.133. The van der Waals surface area contributed by atoms with Crippen molar-refractivity contribution >= 4 is 30.0 Å². The molecular weight excluding hydrogens is 415 g/mol. The normalized spacial score (nSPS) is 15.8. The van der Waals surface area contributed by atoms with Crippen LogP contribution in [0.25, 0.3) is 5.76 Å². The summed E-state index contributed by atoms with van der Waals surface area (Å²) in [5.41, 5.74) is 4.87. The predicted octanol–water partition coefficient (Wildman–Crippen LogP) is 3.53. The van der Waals surface area contributed by atoms with E-state index in [0.717, 1.165) is 0 Å². The second kappa shape index (κ2) is 10.8. The molecule has 2 amide bonds.